The minimum absolute atomic E-state index is 0.0325. The van der Waals surface area contributed by atoms with E-state index in [1.54, 1.807) is 0 Å². The van der Waals surface area contributed by atoms with Gasteiger partial charge in [-0.05, 0) is 46.6 Å². The highest BCUT2D eigenvalue weighted by atomic mass is 16.5. The van der Waals surface area contributed by atoms with Gasteiger partial charge in [0.15, 0.2) is 0 Å². The van der Waals surface area contributed by atoms with Crippen LogP contribution in [0.5, 0.6) is 11.5 Å². The van der Waals surface area contributed by atoms with E-state index in [0.717, 1.165) is 24.3 Å². The van der Waals surface area contributed by atoms with Crippen LogP contribution in [0.4, 0.5) is 0 Å². The third-order valence-electron chi connectivity index (χ3n) is 5.50. The van der Waals surface area contributed by atoms with Crippen molar-refractivity contribution in [3.8, 4) is 11.5 Å². The molecule has 3 nitrogen and oxygen atoms in total. The number of ether oxygens (including phenoxy) is 1. The largest absolute Gasteiger partial charge is 0.457 e. The van der Waals surface area contributed by atoms with Gasteiger partial charge in [-0.3, -0.25) is 0 Å². The van der Waals surface area contributed by atoms with Crippen LogP contribution in [0.15, 0.2) is 48.5 Å². The third-order valence-corrected chi connectivity index (χ3v) is 5.50. The summed E-state index contributed by atoms with van der Waals surface area (Å²) in [5.74, 6) is 1.95. The van der Waals surface area contributed by atoms with E-state index >= 15 is 0 Å². The second kappa shape index (κ2) is 11.5. The Kier molecular flexibility index (Phi) is 10.2. The molecule has 0 saturated carbocycles. The molecule has 33 heavy (non-hydrogen) atoms. The fourth-order valence-electron chi connectivity index (χ4n) is 5.19. The molecule has 0 aromatic heterocycles. The Hall–Kier alpha value is -1.84. The maximum atomic E-state index is 7.62. The SMILES string of the molecule is CC(C)(C)CC(C)(C)c1ccccc1Oc1ccccc1C(C)(C)CC(C)(C)C.OCCO. The summed E-state index contributed by atoms with van der Waals surface area (Å²) in [7, 11) is 0. The van der Waals surface area contributed by atoms with Gasteiger partial charge < -0.3 is 14.9 Å². The molecule has 0 aliphatic carbocycles. The number of hydrogen-bond acceptors (Lipinski definition) is 3. The van der Waals surface area contributed by atoms with Crippen molar-refractivity contribution in [3.63, 3.8) is 0 Å². The van der Waals surface area contributed by atoms with E-state index in [2.05, 4.69) is 118 Å². The zero-order valence-electron chi connectivity index (χ0n) is 22.7. The summed E-state index contributed by atoms with van der Waals surface area (Å²) in [5, 5.41) is 15.2. The lowest BCUT2D eigenvalue weighted by Crippen LogP contribution is -2.26. The van der Waals surface area contributed by atoms with Crippen LogP contribution >= 0.6 is 0 Å². The third kappa shape index (κ3) is 9.90. The van der Waals surface area contributed by atoms with E-state index in [1.807, 2.05) is 0 Å². The summed E-state index contributed by atoms with van der Waals surface area (Å²) < 4.78 is 6.64. The average Bonchev–Trinajstić information content (AvgIpc) is 2.65. The molecule has 0 unspecified atom stereocenters. The fraction of sp³-hybridized carbons (Fsp3) is 0.600. The van der Waals surface area contributed by atoms with Crippen molar-refractivity contribution in [3.05, 3.63) is 59.7 Å². The highest BCUT2D eigenvalue weighted by molar-refractivity contribution is 5.46. The first-order chi connectivity index (χ1) is 15.0. The maximum absolute atomic E-state index is 7.62. The van der Waals surface area contributed by atoms with Gasteiger partial charge in [-0.1, -0.05) is 106 Å². The molecule has 0 saturated heterocycles. The molecule has 186 valence electrons. The summed E-state index contributed by atoms with van der Waals surface area (Å²) in [6.07, 6.45) is 2.19. The molecule has 0 spiro atoms. The highest BCUT2D eigenvalue weighted by Crippen LogP contribution is 2.44. The lowest BCUT2D eigenvalue weighted by molar-refractivity contribution is 0.186. The van der Waals surface area contributed by atoms with Crippen LogP contribution in [0.3, 0.4) is 0 Å². The Bertz CT molecular complexity index is 780. The Labute approximate surface area is 203 Å². The van der Waals surface area contributed by atoms with Gasteiger partial charge in [0.1, 0.15) is 11.5 Å². The summed E-state index contributed by atoms with van der Waals surface area (Å²) in [5.41, 5.74) is 3.12. The Morgan fingerprint density at radius 3 is 1.12 bits per heavy atom. The number of aliphatic hydroxyl groups is 2. The van der Waals surface area contributed by atoms with Gasteiger partial charge in [0.25, 0.3) is 0 Å². The lowest BCUT2D eigenvalue weighted by Gasteiger charge is -2.35. The van der Waals surface area contributed by atoms with Crippen LogP contribution < -0.4 is 4.74 Å². The molecule has 0 amide bonds. The average molecular weight is 457 g/mol. The van der Waals surface area contributed by atoms with E-state index < -0.39 is 0 Å². The number of hydrogen-bond donors (Lipinski definition) is 2. The fourth-order valence-corrected chi connectivity index (χ4v) is 5.19. The van der Waals surface area contributed by atoms with Crippen LogP contribution in [-0.4, -0.2) is 23.4 Å². The Morgan fingerprint density at radius 1 is 0.545 bits per heavy atom. The van der Waals surface area contributed by atoms with E-state index in [4.69, 9.17) is 14.9 Å². The van der Waals surface area contributed by atoms with E-state index in [1.165, 1.54) is 11.1 Å². The highest BCUT2D eigenvalue weighted by Gasteiger charge is 2.32. The minimum atomic E-state index is -0.125. The van der Waals surface area contributed by atoms with Crippen molar-refractivity contribution in [2.45, 2.75) is 92.9 Å². The molecule has 0 heterocycles. The smallest absolute Gasteiger partial charge is 0.131 e. The first-order valence-corrected chi connectivity index (χ1v) is 12.1. The molecular weight excluding hydrogens is 408 g/mol. The van der Waals surface area contributed by atoms with Gasteiger partial charge in [0.05, 0.1) is 13.2 Å². The maximum Gasteiger partial charge on any atom is 0.131 e. The van der Waals surface area contributed by atoms with Gasteiger partial charge in [-0.2, -0.15) is 0 Å². The van der Waals surface area contributed by atoms with Crippen molar-refractivity contribution < 1.29 is 14.9 Å². The minimum Gasteiger partial charge on any atom is -0.457 e. The molecule has 0 aliphatic heterocycles. The van der Waals surface area contributed by atoms with Gasteiger partial charge in [-0.15, -0.1) is 0 Å². The first kappa shape index (κ1) is 29.2. The monoisotopic (exact) mass is 456 g/mol. The Morgan fingerprint density at radius 2 is 0.848 bits per heavy atom. The van der Waals surface area contributed by atoms with Gasteiger partial charge in [0, 0.05) is 11.1 Å². The zero-order chi connectivity index (χ0) is 25.5. The summed E-state index contributed by atoms with van der Waals surface area (Å²) in [6.45, 7) is 22.9. The number of para-hydroxylation sites is 2. The van der Waals surface area contributed by atoms with Gasteiger partial charge >= 0.3 is 0 Å². The quantitative estimate of drug-likeness (QED) is 0.445. The van der Waals surface area contributed by atoms with Crippen LogP contribution in [0.25, 0.3) is 0 Å². The van der Waals surface area contributed by atoms with Crippen molar-refractivity contribution >= 4 is 0 Å². The van der Waals surface area contributed by atoms with E-state index in [0.29, 0.717) is 0 Å². The number of benzene rings is 2. The van der Waals surface area contributed by atoms with Gasteiger partial charge in [0.2, 0.25) is 0 Å². The van der Waals surface area contributed by atoms with Crippen molar-refractivity contribution in [1.29, 1.82) is 0 Å². The molecule has 0 atom stereocenters. The summed E-state index contributed by atoms with van der Waals surface area (Å²) in [4.78, 5) is 0. The summed E-state index contributed by atoms with van der Waals surface area (Å²) >= 11 is 0. The topological polar surface area (TPSA) is 49.7 Å². The van der Waals surface area contributed by atoms with Crippen LogP contribution in [0.2, 0.25) is 0 Å². The van der Waals surface area contributed by atoms with Crippen molar-refractivity contribution in [2.75, 3.05) is 13.2 Å². The molecule has 0 aliphatic rings. The van der Waals surface area contributed by atoms with Gasteiger partial charge in [-0.25, -0.2) is 0 Å². The molecule has 2 rings (SSSR count). The second-order valence-electron chi connectivity index (χ2n) is 12.8. The standard InChI is InChI=1S/C28H42O.C2H6O2/c1-25(2,3)19-27(7,8)21-15-11-13-17-23(21)29-24-18-14-12-16-22(24)28(9,10)20-26(4,5)6;3-1-2-4/h11-18H,19-20H2,1-10H3;3-4H,1-2H2. The molecule has 2 aromatic carbocycles. The lowest BCUT2D eigenvalue weighted by atomic mass is 9.71. The normalized spacial score (nSPS) is 12.7. The molecule has 2 N–H and O–H groups in total. The first-order valence-electron chi connectivity index (χ1n) is 12.1. The molecular formula is C30H48O3. The predicted molar refractivity (Wildman–Crippen MR) is 141 cm³/mol. The molecule has 0 fully saturated rings. The summed E-state index contributed by atoms with van der Waals surface area (Å²) in [6, 6.07) is 17.1. The molecule has 3 heteroatoms. The van der Waals surface area contributed by atoms with Crippen LogP contribution in [-0.2, 0) is 10.8 Å². The van der Waals surface area contributed by atoms with Crippen molar-refractivity contribution in [2.24, 2.45) is 10.8 Å². The number of aliphatic hydroxyl groups excluding tert-OH is 2. The Balaban J connectivity index is 0.00000125. The number of rotatable bonds is 7. The second-order valence-corrected chi connectivity index (χ2v) is 12.8. The predicted octanol–water partition coefficient (Wildman–Crippen LogP) is 7.88. The molecule has 0 radical (unpaired) electrons. The van der Waals surface area contributed by atoms with Crippen molar-refractivity contribution in [1.82, 2.24) is 0 Å². The molecule has 0 bridgehead atoms. The molecule has 2 aromatic rings. The zero-order valence-corrected chi connectivity index (χ0v) is 22.7. The van der Waals surface area contributed by atoms with E-state index in [9.17, 15) is 0 Å². The van der Waals surface area contributed by atoms with Crippen LogP contribution in [0, 0.1) is 10.8 Å². The van der Waals surface area contributed by atoms with Crippen LogP contribution in [0.1, 0.15) is 93.2 Å². The van der Waals surface area contributed by atoms with E-state index in [-0.39, 0.29) is 34.9 Å².